The highest BCUT2D eigenvalue weighted by Gasteiger charge is 2.27. The van der Waals surface area contributed by atoms with Crippen molar-refractivity contribution in [2.45, 2.75) is 50.5 Å². The maximum atomic E-state index is 12.4. The summed E-state index contributed by atoms with van der Waals surface area (Å²) in [5.74, 6) is 0. The van der Waals surface area contributed by atoms with Crippen LogP contribution in [0.5, 0.6) is 0 Å². The summed E-state index contributed by atoms with van der Waals surface area (Å²) in [7, 11) is -4.02. The van der Waals surface area contributed by atoms with Gasteiger partial charge < -0.3 is 9.73 Å². The number of fused-ring (bicyclic) bond motifs is 2. The van der Waals surface area contributed by atoms with Crippen LogP contribution in [0.3, 0.4) is 0 Å². The summed E-state index contributed by atoms with van der Waals surface area (Å²) in [4.78, 5) is 12.4. The van der Waals surface area contributed by atoms with E-state index in [-0.39, 0.29) is 5.09 Å². The van der Waals surface area contributed by atoms with Crippen LogP contribution in [0.2, 0.25) is 0 Å². The number of nitrogens with one attached hydrogen (secondary N) is 2. The smallest absolute Gasteiger partial charge is 0.333 e. The van der Waals surface area contributed by atoms with Gasteiger partial charge in [0.2, 0.25) is 5.09 Å². The molecule has 0 atom stereocenters. The standard InChI is InChI=1S/C18H20N2O4S/c1-11-8-16(24-10-11)25(22,23)20-18(21)19-17-14-6-2-4-12(14)9-13-5-3-7-15(13)17/h8-10H,2-7H2,1H3,(H2,19,20,21). The Kier molecular flexibility index (Phi) is 3.83. The summed E-state index contributed by atoms with van der Waals surface area (Å²) in [5, 5.41) is 2.54. The second kappa shape index (κ2) is 5.91. The van der Waals surface area contributed by atoms with E-state index in [1.165, 1.54) is 23.5 Å². The molecule has 2 aliphatic carbocycles. The molecule has 0 radical (unpaired) electrons. The Bertz CT molecular complexity index is 927. The number of aryl methyl sites for hydroxylation is 3. The van der Waals surface area contributed by atoms with Gasteiger partial charge in [-0.1, -0.05) is 6.07 Å². The van der Waals surface area contributed by atoms with E-state index < -0.39 is 16.1 Å². The molecule has 2 aromatic rings. The highest BCUT2D eigenvalue weighted by atomic mass is 32.2. The van der Waals surface area contributed by atoms with Crippen molar-refractivity contribution in [3.8, 4) is 0 Å². The second-order valence-electron chi connectivity index (χ2n) is 6.74. The lowest BCUT2D eigenvalue weighted by molar-refractivity contribution is 0.256. The van der Waals surface area contributed by atoms with Gasteiger partial charge in [-0.3, -0.25) is 0 Å². The van der Waals surface area contributed by atoms with E-state index in [2.05, 4.69) is 11.4 Å². The van der Waals surface area contributed by atoms with Crippen LogP contribution in [0.25, 0.3) is 0 Å². The summed E-state index contributed by atoms with van der Waals surface area (Å²) in [5.41, 5.74) is 6.36. The SMILES string of the molecule is Cc1coc(S(=O)(=O)NC(=O)Nc2c3c(cc4c2CCC4)CCC3)c1. The molecule has 0 aliphatic heterocycles. The number of benzene rings is 1. The number of rotatable bonds is 3. The van der Waals surface area contributed by atoms with Gasteiger partial charge in [0.1, 0.15) is 0 Å². The molecule has 6 nitrogen and oxygen atoms in total. The monoisotopic (exact) mass is 360 g/mol. The number of hydrogen-bond donors (Lipinski definition) is 2. The number of carbonyl (C=O) groups excluding carboxylic acids is 1. The van der Waals surface area contributed by atoms with Crippen molar-refractivity contribution < 1.29 is 17.6 Å². The molecular formula is C18H20N2O4S. The first-order valence-electron chi connectivity index (χ1n) is 8.49. The third-order valence-corrected chi connectivity index (χ3v) is 6.11. The molecule has 1 aromatic carbocycles. The number of anilines is 1. The summed E-state index contributed by atoms with van der Waals surface area (Å²) in [6.07, 6.45) is 7.34. The Labute approximate surface area is 146 Å². The van der Waals surface area contributed by atoms with E-state index in [9.17, 15) is 13.2 Å². The van der Waals surface area contributed by atoms with Crippen LogP contribution in [0.15, 0.2) is 27.9 Å². The molecule has 0 bridgehead atoms. The minimum atomic E-state index is -4.02. The van der Waals surface area contributed by atoms with Crippen molar-refractivity contribution in [2.75, 3.05) is 5.32 Å². The van der Waals surface area contributed by atoms with Gasteiger partial charge in [-0.15, -0.1) is 0 Å². The third-order valence-electron chi connectivity index (χ3n) is 4.91. The second-order valence-corrected chi connectivity index (χ2v) is 8.35. The van der Waals surface area contributed by atoms with E-state index in [1.54, 1.807) is 6.92 Å². The van der Waals surface area contributed by atoms with Crippen LogP contribution < -0.4 is 10.0 Å². The Morgan fingerprint density at radius 2 is 1.68 bits per heavy atom. The quantitative estimate of drug-likeness (QED) is 0.880. The van der Waals surface area contributed by atoms with Gasteiger partial charge in [-0.25, -0.2) is 9.52 Å². The number of urea groups is 1. The average molecular weight is 360 g/mol. The van der Waals surface area contributed by atoms with Crippen molar-refractivity contribution in [3.05, 3.63) is 46.2 Å². The van der Waals surface area contributed by atoms with Crippen LogP contribution in [0.4, 0.5) is 10.5 Å². The summed E-state index contributed by atoms with van der Waals surface area (Å²) >= 11 is 0. The molecule has 2 N–H and O–H groups in total. The van der Waals surface area contributed by atoms with Crippen LogP contribution in [-0.4, -0.2) is 14.4 Å². The van der Waals surface area contributed by atoms with Gasteiger partial charge in [0.05, 0.1) is 6.26 Å². The highest BCUT2D eigenvalue weighted by molar-refractivity contribution is 7.89. The van der Waals surface area contributed by atoms with Gasteiger partial charge in [-0.2, -0.15) is 8.42 Å². The van der Waals surface area contributed by atoms with E-state index in [1.807, 2.05) is 4.72 Å². The van der Waals surface area contributed by atoms with E-state index in [0.717, 1.165) is 55.3 Å². The third kappa shape index (κ3) is 2.93. The molecule has 0 saturated carbocycles. The van der Waals surface area contributed by atoms with Crippen LogP contribution in [-0.2, 0) is 35.7 Å². The van der Waals surface area contributed by atoms with E-state index in [0.29, 0.717) is 5.56 Å². The molecule has 0 saturated heterocycles. The minimum absolute atomic E-state index is 0.260. The molecule has 1 aromatic heterocycles. The molecule has 132 valence electrons. The molecule has 7 heteroatoms. The Morgan fingerprint density at radius 3 is 2.24 bits per heavy atom. The van der Waals surface area contributed by atoms with Gasteiger partial charge in [-0.05, 0) is 73.3 Å². The van der Waals surface area contributed by atoms with Gasteiger partial charge in [0.15, 0.2) is 0 Å². The Morgan fingerprint density at radius 1 is 1.04 bits per heavy atom. The summed E-state index contributed by atoms with van der Waals surface area (Å²) in [6, 6.07) is 2.90. The average Bonchev–Trinajstić information content (AvgIpc) is 3.25. The maximum Gasteiger partial charge on any atom is 0.333 e. The molecule has 2 aliphatic rings. The minimum Gasteiger partial charge on any atom is -0.451 e. The molecular weight excluding hydrogens is 340 g/mol. The van der Waals surface area contributed by atoms with Gasteiger partial charge >= 0.3 is 6.03 Å². The number of furan rings is 1. The molecule has 0 spiro atoms. The molecule has 1 heterocycles. The lowest BCUT2D eigenvalue weighted by Crippen LogP contribution is -2.34. The molecule has 2 amide bonds. The first-order valence-corrected chi connectivity index (χ1v) is 9.98. The predicted octanol–water partition coefficient (Wildman–Crippen LogP) is 3.08. The van der Waals surface area contributed by atoms with E-state index >= 15 is 0 Å². The Balaban J connectivity index is 1.60. The van der Waals surface area contributed by atoms with Crippen molar-refractivity contribution in [3.63, 3.8) is 0 Å². The van der Waals surface area contributed by atoms with Crippen molar-refractivity contribution in [2.24, 2.45) is 0 Å². The predicted molar refractivity (Wildman–Crippen MR) is 93.3 cm³/mol. The lowest BCUT2D eigenvalue weighted by atomic mass is 9.99. The highest BCUT2D eigenvalue weighted by Crippen LogP contribution is 2.38. The van der Waals surface area contributed by atoms with Crippen LogP contribution in [0.1, 0.15) is 40.7 Å². The normalized spacial score (nSPS) is 15.7. The number of hydrogen-bond acceptors (Lipinski definition) is 4. The molecule has 0 unspecified atom stereocenters. The fourth-order valence-electron chi connectivity index (χ4n) is 3.82. The number of amides is 2. The van der Waals surface area contributed by atoms with Gasteiger partial charge in [0, 0.05) is 11.8 Å². The Hall–Kier alpha value is -2.28. The molecule has 25 heavy (non-hydrogen) atoms. The van der Waals surface area contributed by atoms with Crippen LogP contribution >= 0.6 is 0 Å². The zero-order valence-corrected chi connectivity index (χ0v) is 14.8. The largest absolute Gasteiger partial charge is 0.451 e. The van der Waals surface area contributed by atoms with Crippen molar-refractivity contribution >= 4 is 21.7 Å². The summed E-state index contributed by atoms with van der Waals surface area (Å²) in [6.45, 7) is 1.72. The first-order chi connectivity index (χ1) is 11.9. The first kappa shape index (κ1) is 16.2. The lowest BCUT2D eigenvalue weighted by Gasteiger charge is -2.16. The molecule has 4 rings (SSSR count). The zero-order chi connectivity index (χ0) is 17.6. The van der Waals surface area contributed by atoms with E-state index in [4.69, 9.17) is 4.42 Å². The fourth-order valence-corrected chi connectivity index (χ4v) is 4.74. The topological polar surface area (TPSA) is 88.4 Å². The van der Waals surface area contributed by atoms with Crippen LogP contribution in [0, 0.1) is 6.92 Å². The molecule has 0 fully saturated rings. The van der Waals surface area contributed by atoms with Crippen molar-refractivity contribution in [1.82, 2.24) is 4.72 Å². The van der Waals surface area contributed by atoms with Gasteiger partial charge in [0.25, 0.3) is 10.0 Å². The van der Waals surface area contributed by atoms with Crippen molar-refractivity contribution in [1.29, 1.82) is 0 Å². The number of carbonyl (C=O) groups is 1. The number of sulfonamides is 1. The summed E-state index contributed by atoms with van der Waals surface area (Å²) < 4.78 is 31.5. The zero-order valence-electron chi connectivity index (χ0n) is 14.0. The fraction of sp³-hybridized carbons (Fsp3) is 0.389. The maximum absolute atomic E-state index is 12.4.